The molecule has 2 aromatic carbocycles. The van der Waals surface area contributed by atoms with E-state index < -0.39 is 60.7 Å². The van der Waals surface area contributed by atoms with Crippen molar-refractivity contribution in [3.05, 3.63) is 75.2 Å². The summed E-state index contributed by atoms with van der Waals surface area (Å²) in [7, 11) is 0. The number of hydrogen-bond donors (Lipinski definition) is 3. The first-order chi connectivity index (χ1) is 18.6. The van der Waals surface area contributed by atoms with Crippen molar-refractivity contribution in [2.75, 3.05) is 6.54 Å². The molecule has 3 aromatic rings. The quantitative estimate of drug-likeness (QED) is 0.329. The van der Waals surface area contributed by atoms with Gasteiger partial charge >= 0.3 is 18.0 Å². The number of amides is 2. The molecule has 3 rings (SSSR count). The number of alkyl halides is 6. The Bertz CT molecular complexity index is 1420. The van der Waals surface area contributed by atoms with E-state index in [9.17, 15) is 45.8 Å². The summed E-state index contributed by atoms with van der Waals surface area (Å²) in [6.07, 6.45) is -12.6. The summed E-state index contributed by atoms with van der Waals surface area (Å²) in [6, 6.07) is 8.56. The molecule has 1 aromatic heterocycles. The molecule has 2 atom stereocenters. The summed E-state index contributed by atoms with van der Waals surface area (Å²) < 4.78 is 79.5. The topological polar surface area (TPSA) is 118 Å². The number of hydrogen-bond acceptors (Lipinski definition) is 5. The number of aliphatic hydroxyl groups excluding tert-OH is 1. The monoisotopic (exact) mass is 593 g/mol. The number of aliphatic hydroxyl groups is 1. The van der Waals surface area contributed by atoms with Gasteiger partial charge in [-0.25, -0.2) is 9.48 Å². The highest BCUT2D eigenvalue weighted by molar-refractivity contribution is 6.30. The van der Waals surface area contributed by atoms with E-state index >= 15 is 0 Å². The smallest absolute Gasteiger partial charge is 0.382 e. The van der Waals surface area contributed by atoms with Crippen molar-refractivity contribution in [1.29, 1.82) is 0 Å². The number of nitrogens with zero attached hydrogens (tertiary/aromatic N) is 3. The Morgan fingerprint density at radius 3 is 2.30 bits per heavy atom. The van der Waals surface area contributed by atoms with Crippen molar-refractivity contribution in [3.8, 4) is 11.4 Å². The maximum absolute atomic E-state index is 13.1. The first kappa shape index (κ1) is 30.7. The van der Waals surface area contributed by atoms with Crippen molar-refractivity contribution in [2.45, 2.75) is 44.5 Å². The van der Waals surface area contributed by atoms with Gasteiger partial charge in [0.1, 0.15) is 6.54 Å². The van der Waals surface area contributed by atoms with Crippen LogP contribution in [-0.4, -0.2) is 50.1 Å². The standard InChI is InChI=1S/C24H22ClF6N5O4/c1-13(37)33-18(15-3-2-4-16(9-15)23(26,27)28)10-32-20(39)12-36-22(40)35(11-19(38)24(29,30)31)21(34-36)14-5-7-17(25)8-6-14/h2-9,18-19,38H,10-12H2,1H3,(H,32,39)(H,33,37). The minimum Gasteiger partial charge on any atom is -0.382 e. The second-order valence-electron chi connectivity index (χ2n) is 8.62. The van der Waals surface area contributed by atoms with Crippen LogP contribution in [0.3, 0.4) is 0 Å². The molecule has 1 heterocycles. The third-order valence-electron chi connectivity index (χ3n) is 5.55. The van der Waals surface area contributed by atoms with Crippen LogP contribution in [-0.2, 0) is 28.9 Å². The van der Waals surface area contributed by atoms with Gasteiger partial charge in [0.2, 0.25) is 11.8 Å². The molecular formula is C24H22ClF6N5O4. The molecule has 0 bridgehead atoms. The summed E-state index contributed by atoms with van der Waals surface area (Å²) in [4.78, 5) is 37.1. The average Bonchev–Trinajstić information content (AvgIpc) is 3.15. The van der Waals surface area contributed by atoms with Crippen molar-refractivity contribution >= 4 is 23.4 Å². The lowest BCUT2D eigenvalue weighted by Crippen LogP contribution is -2.40. The molecule has 0 saturated carbocycles. The highest BCUT2D eigenvalue weighted by Gasteiger charge is 2.39. The zero-order chi connectivity index (χ0) is 29.8. The van der Waals surface area contributed by atoms with Crippen LogP contribution in [0.15, 0.2) is 53.3 Å². The van der Waals surface area contributed by atoms with E-state index in [4.69, 9.17) is 11.6 Å². The van der Waals surface area contributed by atoms with Crippen LogP contribution in [0, 0.1) is 0 Å². The minimum atomic E-state index is -5.04. The Morgan fingerprint density at radius 1 is 1.07 bits per heavy atom. The van der Waals surface area contributed by atoms with Gasteiger partial charge in [-0.05, 0) is 42.0 Å². The molecule has 0 aliphatic heterocycles. The predicted octanol–water partition coefficient (Wildman–Crippen LogP) is 3.30. The van der Waals surface area contributed by atoms with E-state index in [1.807, 2.05) is 0 Å². The van der Waals surface area contributed by atoms with Gasteiger partial charge in [-0.15, -0.1) is 5.10 Å². The number of carbonyl (C=O) groups excluding carboxylic acids is 2. The van der Waals surface area contributed by atoms with Crippen LogP contribution in [0.5, 0.6) is 0 Å². The van der Waals surface area contributed by atoms with Crippen LogP contribution in [0.4, 0.5) is 26.3 Å². The molecule has 2 unspecified atom stereocenters. The van der Waals surface area contributed by atoms with Crippen LogP contribution >= 0.6 is 11.6 Å². The van der Waals surface area contributed by atoms with Crippen LogP contribution in [0.1, 0.15) is 24.1 Å². The van der Waals surface area contributed by atoms with E-state index in [0.717, 1.165) is 25.1 Å². The maximum Gasteiger partial charge on any atom is 0.416 e. The first-order valence-electron chi connectivity index (χ1n) is 11.5. The highest BCUT2D eigenvalue weighted by Crippen LogP contribution is 2.31. The van der Waals surface area contributed by atoms with Gasteiger partial charge in [-0.1, -0.05) is 23.7 Å². The summed E-state index contributed by atoms with van der Waals surface area (Å²) >= 11 is 5.84. The first-order valence-corrected chi connectivity index (χ1v) is 11.8. The van der Waals surface area contributed by atoms with Crippen molar-refractivity contribution in [1.82, 2.24) is 25.0 Å². The summed E-state index contributed by atoms with van der Waals surface area (Å²) in [5.74, 6) is -1.76. The highest BCUT2D eigenvalue weighted by atomic mass is 35.5. The van der Waals surface area contributed by atoms with Crippen molar-refractivity contribution in [2.24, 2.45) is 0 Å². The Kier molecular flexibility index (Phi) is 9.30. The van der Waals surface area contributed by atoms with E-state index in [1.54, 1.807) is 0 Å². The molecule has 216 valence electrons. The van der Waals surface area contributed by atoms with E-state index in [1.165, 1.54) is 30.3 Å². The fraction of sp³-hybridized carbons (Fsp3) is 0.333. The lowest BCUT2D eigenvalue weighted by molar-refractivity contribution is -0.207. The molecular weight excluding hydrogens is 572 g/mol. The second-order valence-corrected chi connectivity index (χ2v) is 9.06. The van der Waals surface area contributed by atoms with Gasteiger partial charge in [0.05, 0.1) is 18.2 Å². The zero-order valence-corrected chi connectivity index (χ0v) is 21.3. The molecule has 9 nitrogen and oxygen atoms in total. The van der Waals surface area contributed by atoms with Gasteiger partial charge in [0.15, 0.2) is 11.9 Å². The van der Waals surface area contributed by atoms with E-state index in [0.29, 0.717) is 14.3 Å². The molecule has 0 aliphatic carbocycles. The Hall–Kier alpha value is -3.85. The number of benzene rings is 2. The molecule has 2 amide bonds. The molecule has 3 N–H and O–H groups in total. The van der Waals surface area contributed by atoms with Gasteiger partial charge < -0.3 is 15.7 Å². The average molecular weight is 594 g/mol. The molecule has 16 heteroatoms. The SMILES string of the molecule is CC(=O)NC(CNC(=O)Cn1nc(-c2ccc(Cl)cc2)n(CC(O)C(F)(F)F)c1=O)c1cccc(C(F)(F)F)c1. The second kappa shape index (κ2) is 12.1. The van der Waals surface area contributed by atoms with Crippen LogP contribution < -0.4 is 16.3 Å². The summed E-state index contributed by atoms with van der Waals surface area (Å²) in [6.45, 7) is -1.25. The van der Waals surface area contributed by atoms with Crippen LogP contribution in [0.25, 0.3) is 11.4 Å². The normalized spacial score (nSPS) is 13.5. The number of carbonyl (C=O) groups is 2. The lowest BCUT2D eigenvalue weighted by Gasteiger charge is -2.20. The summed E-state index contributed by atoms with van der Waals surface area (Å²) in [5, 5.41) is 18.6. The zero-order valence-electron chi connectivity index (χ0n) is 20.6. The fourth-order valence-corrected chi connectivity index (χ4v) is 3.76. The van der Waals surface area contributed by atoms with E-state index in [-0.39, 0.29) is 23.5 Å². The van der Waals surface area contributed by atoms with Gasteiger partial charge in [0.25, 0.3) is 0 Å². The Morgan fingerprint density at radius 2 is 1.73 bits per heavy atom. The molecule has 0 saturated heterocycles. The number of nitrogens with one attached hydrogen (secondary N) is 2. The molecule has 0 aliphatic rings. The molecule has 0 radical (unpaired) electrons. The molecule has 40 heavy (non-hydrogen) atoms. The van der Waals surface area contributed by atoms with Crippen molar-refractivity contribution in [3.63, 3.8) is 0 Å². The lowest BCUT2D eigenvalue weighted by atomic mass is 10.0. The van der Waals surface area contributed by atoms with Crippen molar-refractivity contribution < 1.29 is 41.0 Å². The fourth-order valence-electron chi connectivity index (χ4n) is 3.63. The Labute approximate surface area is 227 Å². The number of rotatable bonds is 9. The van der Waals surface area contributed by atoms with E-state index in [2.05, 4.69) is 15.7 Å². The number of halogens is 7. The predicted molar refractivity (Wildman–Crippen MR) is 130 cm³/mol. The third kappa shape index (κ3) is 7.85. The van der Waals surface area contributed by atoms with Crippen LogP contribution in [0.2, 0.25) is 5.02 Å². The third-order valence-corrected chi connectivity index (χ3v) is 5.80. The van der Waals surface area contributed by atoms with Gasteiger partial charge in [-0.3, -0.25) is 14.2 Å². The Balaban J connectivity index is 1.84. The molecule has 0 fully saturated rings. The minimum absolute atomic E-state index is 0.0398. The summed E-state index contributed by atoms with van der Waals surface area (Å²) in [5.41, 5.74) is -1.90. The molecule has 0 spiro atoms. The largest absolute Gasteiger partial charge is 0.416 e. The maximum atomic E-state index is 13.1. The van der Waals surface area contributed by atoms with Gasteiger partial charge in [0, 0.05) is 24.1 Å². The number of aromatic nitrogens is 3. The van der Waals surface area contributed by atoms with Gasteiger partial charge in [-0.2, -0.15) is 26.3 Å².